The molecular weight excluding hydrogens is 466 g/mol. The number of nitrogens with one attached hydrogen (secondary N) is 2. The average molecular weight is 492 g/mol. The Morgan fingerprint density at radius 1 is 1.17 bits per heavy atom. The Morgan fingerprint density at radius 3 is 2.57 bits per heavy atom. The van der Waals surface area contributed by atoms with E-state index in [1.54, 1.807) is 50.5 Å². The molecule has 30 heavy (non-hydrogen) atoms. The van der Waals surface area contributed by atoms with Crippen molar-refractivity contribution in [3.8, 4) is 5.75 Å². The van der Waals surface area contributed by atoms with Crippen LogP contribution in [-0.2, 0) is 0 Å². The maximum atomic E-state index is 12.8. The number of carbonyl (C=O) groups is 2. The molecule has 2 N–H and O–H groups in total. The Balaban J connectivity index is 2.07. The second-order valence-electron chi connectivity index (χ2n) is 7.36. The standard InChI is InChI=1S/C22H26BrN3O3S/c1-14(2)10-11-29-19-9-8-16(23)13-18(19)20(27)25-22(30)24-17-7-5-6-15(12-17)21(28)26(3)4/h5-9,12-14H,10-11H2,1-4H3,(H2,24,25,27,30). The minimum atomic E-state index is -0.381. The molecular formula is C22H26BrN3O3S. The molecule has 0 fully saturated rings. The maximum absolute atomic E-state index is 12.8. The van der Waals surface area contributed by atoms with Gasteiger partial charge in [0.2, 0.25) is 0 Å². The molecule has 0 aromatic heterocycles. The van der Waals surface area contributed by atoms with Crippen LogP contribution in [0, 0.1) is 5.92 Å². The van der Waals surface area contributed by atoms with E-state index in [1.165, 1.54) is 4.90 Å². The molecule has 6 nitrogen and oxygen atoms in total. The third-order valence-corrected chi connectivity index (χ3v) is 4.84. The van der Waals surface area contributed by atoms with Gasteiger partial charge < -0.3 is 15.0 Å². The van der Waals surface area contributed by atoms with Crippen LogP contribution in [0.15, 0.2) is 46.9 Å². The normalized spacial score (nSPS) is 10.5. The Labute approximate surface area is 191 Å². The SMILES string of the molecule is CC(C)CCOc1ccc(Br)cc1C(=O)NC(=S)Nc1cccc(C(=O)N(C)C)c1. The quantitative estimate of drug-likeness (QED) is 0.549. The smallest absolute Gasteiger partial charge is 0.261 e. The zero-order valence-corrected chi connectivity index (χ0v) is 19.9. The van der Waals surface area contributed by atoms with E-state index in [2.05, 4.69) is 40.4 Å². The van der Waals surface area contributed by atoms with E-state index in [9.17, 15) is 9.59 Å². The molecule has 8 heteroatoms. The molecule has 0 heterocycles. The monoisotopic (exact) mass is 491 g/mol. The highest BCUT2D eigenvalue weighted by molar-refractivity contribution is 9.10. The van der Waals surface area contributed by atoms with E-state index in [4.69, 9.17) is 17.0 Å². The topological polar surface area (TPSA) is 70.7 Å². The van der Waals surface area contributed by atoms with Gasteiger partial charge in [0.05, 0.1) is 12.2 Å². The van der Waals surface area contributed by atoms with Crippen LogP contribution in [0.4, 0.5) is 5.69 Å². The van der Waals surface area contributed by atoms with Gasteiger partial charge in [-0.3, -0.25) is 14.9 Å². The summed E-state index contributed by atoms with van der Waals surface area (Å²) >= 11 is 8.67. The van der Waals surface area contributed by atoms with Gasteiger partial charge in [0, 0.05) is 29.8 Å². The third-order valence-electron chi connectivity index (χ3n) is 4.14. The first-order valence-corrected chi connectivity index (χ1v) is 10.7. The molecule has 0 saturated heterocycles. The van der Waals surface area contributed by atoms with Gasteiger partial charge in [-0.2, -0.15) is 0 Å². The van der Waals surface area contributed by atoms with Crippen molar-refractivity contribution in [2.75, 3.05) is 26.0 Å². The fourth-order valence-electron chi connectivity index (χ4n) is 2.53. The zero-order valence-electron chi connectivity index (χ0n) is 17.5. The molecule has 0 radical (unpaired) electrons. The number of carbonyl (C=O) groups excluding carboxylic acids is 2. The lowest BCUT2D eigenvalue weighted by molar-refractivity contribution is 0.0827. The fourth-order valence-corrected chi connectivity index (χ4v) is 3.10. The number of ether oxygens (including phenoxy) is 1. The molecule has 0 aliphatic heterocycles. The van der Waals surface area contributed by atoms with Gasteiger partial charge in [0.1, 0.15) is 5.75 Å². The number of anilines is 1. The summed E-state index contributed by atoms with van der Waals surface area (Å²) in [5.74, 6) is 0.502. The van der Waals surface area contributed by atoms with E-state index in [0.717, 1.165) is 10.9 Å². The molecule has 0 atom stereocenters. The molecule has 0 bridgehead atoms. The molecule has 2 amide bonds. The average Bonchev–Trinajstić information content (AvgIpc) is 2.68. The molecule has 0 spiro atoms. The Hall–Kier alpha value is -2.45. The van der Waals surface area contributed by atoms with Gasteiger partial charge in [0.25, 0.3) is 11.8 Å². The minimum Gasteiger partial charge on any atom is -0.493 e. The van der Waals surface area contributed by atoms with Gasteiger partial charge in [-0.05, 0) is 61.0 Å². The first-order valence-electron chi connectivity index (χ1n) is 9.53. The zero-order chi connectivity index (χ0) is 22.3. The predicted octanol–water partition coefficient (Wildman–Crippen LogP) is 4.70. The van der Waals surface area contributed by atoms with E-state index >= 15 is 0 Å². The third kappa shape index (κ3) is 7.11. The maximum Gasteiger partial charge on any atom is 0.261 e. The van der Waals surface area contributed by atoms with Crippen LogP contribution in [0.3, 0.4) is 0 Å². The van der Waals surface area contributed by atoms with Crippen molar-refractivity contribution < 1.29 is 14.3 Å². The van der Waals surface area contributed by atoms with Gasteiger partial charge in [-0.1, -0.05) is 35.8 Å². The van der Waals surface area contributed by atoms with Crippen LogP contribution in [0.2, 0.25) is 0 Å². The molecule has 2 aromatic carbocycles. The number of nitrogens with zero attached hydrogens (tertiary/aromatic N) is 1. The van der Waals surface area contributed by atoms with E-state index < -0.39 is 0 Å². The summed E-state index contributed by atoms with van der Waals surface area (Å²) in [6, 6.07) is 12.2. The van der Waals surface area contributed by atoms with Crippen molar-refractivity contribution in [3.05, 3.63) is 58.1 Å². The highest BCUT2D eigenvalue weighted by Crippen LogP contribution is 2.24. The van der Waals surface area contributed by atoms with Crippen LogP contribution in [0.5, 0.6) is 5.75 Å². The Kier molecular flexibility index (Phi) is 8.80. The summed E-state index contributed by atoms with van der Waals surface area (Å²) in [6.45, 7) is 4.75. The fraction of sp³-hybridized carbons (Fsp3) is 0.318. The highest BCUT2D eigenvalue weighted by atomic mass is 79.9. The molecule has 0 aliphatic carbocycles. The lowest BCUT2D eigenvalue weighted by atomic mass is 10.1. The van der Waals surface area contributed by atoms with Crippen molar-refractivity contribution in [3.63, 3.8) is 0 Å². The lowest BCUT2D eigenvalue weighted by Gasteiger charge is -2.15. The number of thiocarbonyl (C=S) groups is 1. The number of hydrogen-bond acceptors (Lipinski definition) is 4. The Morgan fingerprint density at radius 2 is 1.90 bits per heavy atom. The molecule has 2 rings (SSSR count). The second kappa shape index (κ2) is 11.1. The summed E-state index contributed by atoms with van der Waals surface area (Å²) in [4.78, 5) is 26.4. The van der Waals surface area contributed by atoms with Crippen LogP contribution >= 0.6 is 28.1 Å². The summed E-state index contributed by atoms with van der Waals surface area (Å²) in [5.41, 5.74) is 1.51. The predicted molar refractivity (Wildman–Crippen MR) is 127 cm³/mol. The number of hydrogen-bond donors (Lipinski definition) is 2. The van der Waals surface area contributed by atoms with Crippen LogP contribution in [0.25, 0.3) is 0 Å². The van der Waals surface area contributed by atoms with E-state index in [1.807, 2.05) is 6.07 Å². The minimum absolute atomic E-state index is 0.120. The Bertz CT molecular complexity index is 932. The van der Waals surface area contributed by atoms with Crippen molar-refractivity contribution in [2.45, 2.75) is 20.3 Å². The van der Waals surface area contributed by atoms with Gasteiger partial charge in [0.15, 0.2) is 5.11 Å². The number of benzene rings is 2. The molecule has 160 valence electrons. The molecule has 2 aromatic rings. The summed E-state index contributed by atoms with van der Waals surface area (Å²) in [5, 5.41) is 5.74. The lowest BCUT2D eigenvalue weighted by Crippen LogP contribution is -2.34. The second-order valence-corrected chi connectivity index (χ2v) is 8.68. The molecule has 0 unspecified atom stereocenters. The first-order chi connectivity index (χ1) is 14.2. The summed E-state index contributed by atoms with van der Waals surface area (Å²) < 4.78 is 6.56. The van der Waals surface area contributed by atoms with Gasteiger partial charge >= 0.3 is 0 Å². The largest absolute Gasteiger partial charge is 0.493 e. The van der Waals surface area contributed by atoms with Crippen molar-refractivity contribution in [1.82, 2.24) is 10.2 Å². The van der Waals surface area contributed by atoms with E-state index in [0.29, 0.717) is 35.1 Å². The number of halogens is 1. The van der Waals surface area contributed by atoms with Crippen molar-refractivity contribution in [2.24, 2.45) is 5.92 Å². The van der Waals surface area contributed by atoms with Crippen molar-refractivity contribution in [1.29, 1.82) is 0 Å². The van der Waals surface area contributed by atoms with E-state index in [-0.39, 0.29) is 16.9 Å². The van der Waals surface area contributed by atoms with Crippen molar-refractivity contribution >= 4 is 50.8 Å². The molecule has 0 aliphatic rings. The summed E-state index contributed by atoms with van der Waals surface area (Å²) in [7, 11) is 3.37. The number of rotatable bonds is 7. The number of amides is 2. The summed E-state index contributed by atoms with van der Waals surface area (Å²) in [6.07, 6.45) is 0.888. The molecule has 0 saturated carbocycles. The van der Waals surface area contributed by atoms with Gasteiger partial charge in [-0.15, -0.1) is 0 Å². The highest BCUT2D eigenvalue weighted by Gasteiger charge is 2.16. The van der Waals surface area contributed by atoms with Crippen LogP contribution in [-0.4, -0.2) is 42.5 Å². The van der Waals surface area contributed by atoms with Crippen LogP contribution < -0.4 is 15.4 Å². The van der Waals surface area contributed by atoms with Gasteiger partial charge in [-0.25, -0.2) is 0 Å². The first kappa shape index (κ1) is 23.8. The van der Waals surface area contributed by atoms with Crippen LogP contribution in [0.1, 0.15) is 41.0 Å².